The molecule has 1 saturated heterocycles. The molecular formula is C35H34N4OS. The lowest BCUT2D eigenvalue weighted by Gasteiger charge is -2.28. The molecule has 0 saturated carbocycles. The van der Waals surface area contributed by atoms with E-state index < -0.39 is 0 Å². The Labute approximate surface area is 247 Å². The Kier molecular flexibility index (Phi) is 7.10. The molecule has 0 bridgehead atoms. The van der Waals surface area contributed by atoms with Crippen molar-refractivity contribution in [3.63, 3.8) is 0 Å². The van der Waals surface area contributed by atoms with Gasteiger partial charge in [0.15, 0.2) is 5.11 Å². The number of ether oxygens (including phenoxy) is 1. The van der Waals surface area contributed by atoms with E-state index in [0.717, 1.165) is 22.9 Å². The Hall–Kier alpha value is -4.42. The molecule has 1 fully saturated rings. The van der Waals surface area contributed by atoms with Crippen LogP contribution in [0.25, 0.3) is 5.69 Å². The molecule has 6 rings (SSSR count). The molecule has 0 aliphatic carbocycles. The molecule has 2 aromatic heterocycles. The molecule has 41 heavy (non-hydrogen) atoms. The van der Waals surface area contributed by atoms with Gasteiger partial charge in [-0.2, -0.15) is 0 Å². The van der Waals surface area contributed by atoms with Gasteiger partial charge in [-0.05, 0) is 124 Å². The van der Waals surface area contributed by atoms with Crippen molar-refractivity contribution >= 4 is 23.0 Å². The molecule has 1 aliphatic rings. The Morgan fingerprint density at radius 1 is 0.805 bits per heavy atom. The van der Waals surface area contributed by atoms with Gasteiger partial charge in [0, 0.05) is 29.0 Å². The van der Waals surface area contributed by atoms with Crippen LogP contribution >= 0.6 is 12.2 Å². The van der Waals surface area contributed by atoms with Crippen LogP contribution in [0.2, 0.25) is 0 Å². The Morgan fingerprint density at radius 3 is 2.20 bits per heavy atom. The Morgan fingerprint density at radius 2 is 1.51 bits per heavy atom. The number of aryl methyl sites for hydroxylation is 3. The number of aromatic nitrogens is 2. The van der Waals surface area contributed by atoms with E-state index in [-0.39, 0.29) is 12.1 Å². The molecule has 5 aromatic rings. The summed E-state index contributed by atoms with van der Waals surface area (Å²) in [5, 5.41) is 4.27. The largest absolute Gasteiger partial charge is 0.457 e. The number of pyridine rings is 1. The van der Waals surface area contributed by atoms with Crippen LogP contribution in [0, 0.1) is 34.6 Å². The third kappa shape index (κ3) is 5.00. The first-order chi connectivity index (χ1) is 19.8. The van der Waals surface area contributed by atoms with Crippen LogP contribution in [0.5, 0.6) is 11.5 Å². The van der Waals surface area contributed by atoms with Gasteiger partial charge in [0.1, 0.15) is 11.5 Å². The highest BCUT2D eigenvalue weighted by Gasteiger charge is 2.42. The first kappa shape index (κ1) is 26.8. The van der Waals surface area contributed by atoms with Crippen molar-refractivity contribution in [2.24, 2.45) is 0 Å². The number of nitrogens with one attached hydrogen (secondary N) is 1. The summed E-state index contributed by atoms with van der Waals surface area (Å²) in [6, 6.07) is 30.9. The fourth-order valence-electron chi connectivity index (χ4n) is 5.80. The average molecular weight is 559 g/mol. The second-order valence-electron chi connectivity index (χ2n) is 10.8. The van der Waals surface area contributed by atoms with E-state index in [1.807, 2.05) is 42.6 Å². The maximum Gasteiger partial charge on any atom is 0.174 e. The monoisotopic (exact) mass is 558 g/mol. The van der Waals surface area contributed by atoms with Crippen LogP contribution < -0.4 is 15.0 Å². The zero-order valence-corrected chi connectivity index (χ0v) is 24.9. The second-order valence-corrected chi connectivity index (χ2v) is 11.2. The van der Waals surface area contributed by atoms with Gasteiger partial charge < -0.3 is 19.5 Å². The van der Waals surface area contributed by atoms with E-state index >= 15 is 0 Å². The molecule has 0 spiro atoms. The van der Waals surface area contributed by atoms with Crippen molar-refractivity contribution < 1.29 is 4.74 Å². The van der Waals surface area contributed by atoms with Crippen molar-refractivity contribution in [2.75, 3.05) is 4.90 Å². The minimum atomic E-state index is -0.111. The molecule has 5 nitrogen and oxygen atoms in total. The van der Waals surface area contributed by atoms with Gasteiger partial charge in [0.2, 0.25) is 0 Å². The van der Waals surface area contributed by atoms with Gasteiger partial charge in [-0.15, -0.1) is 0 Å². The molecule has 0 amide bonds. The standard InChI is InChI=1S/C35H34N4OS/c1-22-12-16-28(17-13-22)40-29-18-14-27(15-19-29)39-34(33(37-35(39)41)31-10-6-7-20-36-31)30-21-24(3)38(26(30)5)32-11-8-9-23(2)25(32)4/h6-21,33-34H,1-5H3,(H,37,41)/t33-,34-/m0/s1. The van der Waals surface area contributed by atoms with Crippen molar-refractivity contribution in [3.05, 3.63) is 137 Å². The SMILES string of the molecule is Cc1ccc(Oc2ccc(N3C(=S)N[C@@H](c4ccccn4)[C@@H]3c3cc(C)n(-c4cccc(C)c4C)c3C)cc2)cc1. The third-order valence-electron chi connectivity index (χ3n) is 8.08. The van der Waals surface area contributed by atoms with Gasteiger partial charge in [0.25, 0.3) is 0 Å². The Bertz CT molecular complexity index is 1710. The van der Waals surface area contributed by atoms with Crippen molar-refractivity contribution in [3.8, 4) is 17.2 Å². The summed E-state index contributed by atoms with van der Waals surface area (Å²) in [5.74, 6) is 1.59. The predicted molar refractivity (Wildman–Crippen MR) is 170 cm³/mol. The zero-order valence-electron chi connectivity index (χ0n) is 24.1. The normalized spacial score (nSPS) is 16.6. The minimum absolute atomic E-state index is 0.0914. The van der Waals surface area contributed by atoms with Crippen LogP contribution in [0.1, 0.15) is 51.4 Å². The summed E-state index contributed by atoms with van der Waals surface area (Å²) < 4.78 is 8.47. The lowest BCUT2D eigenvalue weighted by molar-refractivity contribution is 0.482. The first-order valence-electron chi connectivity index (χ1n) is 13.9. The van der Waals surface area contributed by atoms with Crippen molar-refractivity contribution in [2.45, 2.75) is 46.7 Å². The molecule has 2 atom stereocenters. The molecule has 1 N–H and O–H groups in total. The first-order valence-corrected chi connectivity index (χ1v) is 14.3. The fraction of sp³-hybridized carbons (Fsp3) is 0.200. The molecule has 3 aromatic carbocycles. The topological polar surface area (TPSA) is 42.3 Å². The van der Waals surface area contributed by atoms with Crippen molar-refractivity contribution in [1.82, 2.24) is 14.9 Å². The molecule has 0 radical (unpaired) electrons. The summed E-state index contributed by atoms with van der Waals surface area (Å²) in [6.45, 7) is 10.8. The average Bonchev–Trinajstić information content (AvgIpc) is 3.47. The van der Waals surface area contributed by atoms with Crippen LogP contribution in [-0.2, 0) is 0 Å². The highest BCUT2D eigenvalue weighted by Crippen LogP contribution is 2.44. The maximum absolute atomic E-state index is 6.11. The Balaban J connectivity index is 1.42. The van der Waals surface area contributed by atoms with Crippen LogP contribution in [0.3, 0.4) is 0 Å². The number of thiocarbonyl (C=S) groups is 1. The quantitative estimate of drug-likeness (QED) is 0.212. The summed E-state index contributed by atoms with van der Waals surface area (Å²) in [6.07, 6.45) is 1.84. The summed E-state index contributed by atoms with van der Waals surface area (Å²) in [5.41, 5.74) is 10.5. The fourth-order valence-corrected chi connectivity index (χ4v) is 6.15. The van der Waals surface area contributed by atoms with E-state index in [0.29, 0.717) is 5.11 Å². The number of nitrogens with zero attached hydrogens (tertiary/aromatic N) is 3. The minimum Gasteiger partial charge on any atom is -0.457 e. The number of anilines is 1. The predicted octanol–water partition coefficient (Wildman–Crippen LogP) is 8.38. The number of hydrogen-bond donors (Lipinski definition) is 1. The van der Waals surface area contributed by atoms with Gasteiger partial charge >= 0.3 is 0 Å². The molecule has 6 heteroatoms. The summed E-state index contributed by atoms with van der Waals surface area (Å²) >= 11 is 5.99. The van der Waals surface area contributed by atoms with Crippen LogP contribution in [-0.4, -0.2) is 14.7 Å². The van der Waals surface area contributed by atoms with E-state index in [1.165, 1.54) is 39.3 Å². The lowest BCUT2D eigenvalue weighted by Crippen LogP contribution is -2.29. The van der Waals surface area contributed by atoms with Gasteiger partial charge in [0.05, 0.1) is 17.8 Å². The number of rotatable bonds is 6. The molecular weight excluding hydrogens is 524 g/mol. The molecule has 3 heterocycles. The summed E-state index contributed by atoms with van der Waals surface area (Å²) in [7, 11) is 0. The second kappa shape index (κ2) is 10.9. The molecule has 0 unspecified atom stereocenters. The van der Waals surface area contributed by atoms with Gasteiger partial charge in [-0.1, -0.05) is 35.9 Å². The van der Waals surface area contributed by atoms with Crippen LogP contribution in [0.4, 0.5) is 5.69 Å². The summed E-state index contributed by atoms with van der Waals surface area (Å²) in [4.78, 5) is 6.96. The van der Waals surface area contributed by atoms with Crippen molar-refractivity contribution in [1.29, 1.82) is 0 Å². The zero-order chi connectivity index (χ0) is 28.7. The molecule has 1 aliphatic heterocycles. The van der Waals surface area contributed by atoms with Crippen LogP contribution in [0.15, 0.2) is 97.2 Å². The highest BCUT2D eigenvalue weighted by molar-refractivity contribution is 7.80. The van der Waals surface area contributed by atoms with E-state index in [1.54, 1.807) is 0 Å². The van der Waals surface area contributed by atoms with E-state index in [4.69, 9.17) is 21.9 Å². The smallest absolute Gasteiger partial charge is 0.174 e. The highest BCUT2D eigenvalue weighted by atomic mass is 32.1. The number of benzene rings is 3. The number of hydrogen-bond acceptors (Lipinski definition) is 3. The molecule has 206 valence electrons. The lowest BCUT2D eigenvalue weighted by atomic mass is 9.96. The third-order valence-corrected chi connectivity index (χ3v) is 8.39. The van der Waals surface area contributed by atoms with E-state index in [2.05, 4.69) is 104 Å². The van der Waals surface area contributed by atoms with Gasteiger partial charge in [-0.25, -0.2) is 0 Å². The maximum atomic E-state index is 6.11. The van der Waals surface area contributed by atoms with E-state index in [9.17, 15) is 0 Å². The van der Waals surface area contributed by atoms with Gasteiger partial charge in [-0.3, -0.25) is 4.98 Å².